The fraction of sp³-hybridized carbons (Fsp3) is 0.200. The Labute approximate surface area is 180 Å². The first-order chi connectivity index (χ1) is 15.1. The van der Waals surface area contributed by atoms with Gasteiger partial charge in [0.2, 0.25) is 0 Å². The number of hydrogen-bond donors (Lipinski definition) is 1. The minimum atomic E-state index is -0.652. The van der Waals surface area contributed by atoms with Crippen LogP contribution < -0.4 is 14.8 Å². The molecule has 0 aromatic heterocycles. The van der Waals surface area contributed by atoms with Gasteiger partial charge in [-0.15, -0.1) is 0 Å². The summed E-state index contributed by atoms with van der Waals surface area (Å²) in [5.41, 5.74) is 2.28. The molecule has 1 aliphatic rings. The third-order valence-electron chi connectivity index (χ3n) is 5.24. The van der Waals surface area contributed by atoms with Crippen molar-refractivity contribution in [1.29, 1.82) is 0 Å². The summed E-state index contributed by atoms with van der Waals surface area (Å²) in [6, 6.07) is 21.8. The molecule has 3 aromatic carbocycles. The predicted octanol–water partition coefficient (Wildman–Crippen LogP) is 4.35. The van der Waals surface area contributed by atoms with E-state index in [-0.39, 0.29) is 18.6 Å². The molecule has 1 atom stereocenters. The molecule has 4 rings (SSSR count). The molecular weight excluding hydrogens is 394 g/mol. The third-order valence-corrected chi connectivity index (χ3v) is 5.24. The molecule has 1 unspecified atom stereocenters. The zero-order valence-electron chi connectivity index (χ0n) is 17.3. The van der Waals surface area contributed by atoms with E-state index >= 15 is 0 Å². The van der Waals surface area contributed by atoms with Crippen molar-refractivity contribution >= 4 is 11.9 Å². The SMILES string of the molecule is COc1ccccc1C(C)NC(=O)COC(=O)C1c2ccccc2Oc2ccccc21. The summed E-state index contributed by atoms with van der Waals surface area (Å²) >= 11 is 0. The van der Waals surface area contributed by atoms with Gasteiger partial charge in [-0.1, -0.05) is 54.6 Å². The lowest BCUT2D eigenvalue weighted by Crippen LogP contribution is -2.32. The number of nitrogens with one attached hydrogen (secondary N) is 1. The average molecular weight is 417 g/mol. The second-order valence-electron chi connectivity index (χ2n) is 7.25. The molecule has 31 heavy (non-hydrogen) atoms. The van der Waals surface area contributed by atoms with Crippen LogP contribution in [0.25, 0.3) is 0 Å². The van der Waals surface area contributed by atoms with E-state index in [1.54, 1.807) is 7.11 Å². The van der Waals surface area contributed by atoms with E-state index < -0.39 is 11.9 Å². The Bertz CT molecular complexity index is 1060. The van der Waals surface area contributed by atoms with Crippen LogP contribution in [-0.2, 0) is 14.3 Å². The van der Waals surface area contributed by atoms with Crippen molar-refractivity contribution in [3.05, 3.63) is 89.5 Å². The van der Waals surface area contributed by atoms with Gasteiger partial charge in [-0.3, -0.25) is 9.59 Å². The van der Waals surface area contributed by atoms with Gasteiger partial charge < -0.3 is 19.5 Å². The lowest BCUT2D eigenvalue weighted by atomic mass is 9.88. The van der Waals surface area contributed by atoms with Crippen LogP contribution in [0.5, 0.6) is 17.2 Å². The van der Waals surface area contributed by atoms with Crippen LogP contribution in [0.3, 0.4) is 0 Å². The predicted molar refractivity (Wildman–Crippen MR) is 115 cm³/mol. The molecule has 0 aliphatic carbocycles. The van der Waals surface area contributed by atoms with Gasteiger partial charge in [0.1, 0.15) is 23.2 Å². The lowest BCUT2D eigenvalue weighted by Gasteiger charge is -2.26. The maximum absolute atomic E-state index is 13.0. The number of hydrogen-bond acceptors (Lipinski definition) is 5. The Kier molecular flexibility index (Phi) is 5.89. The van der Waals surface area contributed by atoms with E-state index in [4.69, 9.17) is 14.2 Å². The van der Waals surface area contributed by atoms with E-state index in [1.165, 1.54) is 0 Å². The number of para-hydroxylation sites is 3. The van der Waals surface area contributed by atoms with Gasteiger partial charge in [-0.2, -0.15) is 0 Å². The number of methoxy groups -OCH3 is 1. The number of amides is 1. The minimum absolute atomic E-state index is 0.299. The van der Waals surface area contributed by atoms with Crippen molar-refractivity contribution in [2.75, 3.05) is 13.7 Å². The van der Waals surface area contributed by atoms with Gasteiger partial charge in [0, 0.05) is 16.7 Å². The fourth-order valence-corrected chi connectivity index (χ4v) is 3.77. The van der Waals surface area contributed by atoms with Crippen molar-refractivity contribution in [3.63, 3.8) is 0 Å². The molecule has 6 nitrogen and oxygen atoms in total. The third kappa shape index (κ3) is 4.23. The number of fused-ring (bicyclic) bond motifs is 2. The maximum Gasteiger partial charge on any atom is 0.318 e. The molecule has 1 heterocycles. The van der Waals surface area contributed by atoms with Crippen LogP contribution in [0.4, 0.5) is 0 Å². The Balaban J connectivity index is 1.45. The summed E-state index contributed by atoms with van der Waals surface area (Å²) in [5, 5.41) is 2.85. The number of rotatable bonds is 6. The van der Waals surface area contributed by atoms with Crippen molar-refractivity contribution < 1.29 is 23.8 Å². The van der Waals surface area contributed by atoms with Gasteiger partial charge in [-0.05, 0) is 25.1 Å². The highest BCUT2D eigenvalue weighted by atomic mass is 16.5. The summed E-state index contributed by atoms with van der Waals surface area (Å²) in [5.74, 6) is 0.363. The van der Waals surface area contributed by atoms with Crippen LogP contribution in [0.2, 0.25) is 0 Å². The molecule has 0 bridgehead atoms. The molecule has 0 spiro atoms. The van der Waals surface area contributed by atoms with E-state index in [9.17, 15) is 9.59 Å². The van der Waals surface area contributed by atoms with E-state index in [2.05, 4.69) is 5.32 Å². The van der Waals surface area contributed by atoms with Crippen LogP contribution >= 0.6 is 0 Å². The molecule has 3 aromatic rings. The molecule has 0 radical (unpaired) electrons. The van der Waals surface area contributed by atoms with E-state index in [1.807, 2.05) is 79.7 Å². The van der Waals surface area contributed by atoms with Crippen LogP contribution in [-0.4, -0.2) is 25.6 Å². The quantitative estimate of drug-likeness (QED) is 0.604. The summed E-state index contributed by atoms with van der Waals surface area (Å²) in [6.45, 7) is 1.47. The van der Waals surface area contributed by atoms with Crippen molar-refractivity contribution in [2.45, 2.75) is 18.9 Å². The van der Waals surface area contributed by atoms with Crippen molar-refractivity contribution in [1.82, 2.24) is 5.32 Å². The van der Waals surface area contributed by atoms with Gasteiger partial charge in [0.05, 0.1) is 13.2 Å². The first kappa shape index (κ1) is 20.5. The van der Waals surface area contributed by atoms with E-state index in [0.717, 1.165) is 5.56 Å². The molecular formula is C25H23NO5. The zero-order valence-corrected chi connectivity index (χ0v) is 17.3. The monoisotopic (exact) mass is 417 g/mol. The first-order valence-electron chi connectivity index (χ1n) is 10.0. The molecule has 1 N–H and O–H groups in total. The normalized spacial score (nSPS) is 13.2. The van der Waals surface area contributed by atoms with Crippen molar-refractivity contribution in [2.24, 2.45) is 0 Å². The van der Waals surface area contributed by atoms with Crippen LogP contribution in [0.15, 0.2) is 72.8 Å². The average Bonchev–Trinajstić information content (AvgIpc) is 2.80. The lowest BCUT2D eigenvalue weighted by molar-refractivity contribution is -0.149. The standard InChI is InChI=1S/C25H23NO5/c1-16(17-9-3-6-12-20(17)29-2)26-23(27)15-30-25(28)24-18-10-4-7-13-21(18)31-22-14-8-5-11-19(22)24/h3-14,16,24H,15H2,1-2H3,(H,26,27). The molecule has 1 aliphatic heterocycles. The summed E-state index contributed by atoms with van der Waals surface area (Å²) in [6.07, 6.45) is 0. The summed E-state index contributed by atoms with van der Waals surface area (Å²) in [7, 11) is 1.58. The number of carbonyl (C=O) groups is 2. The molecule has 0 saturated heterocycles. The molecule has 0 saturated carbocycles. The van der Waals surface area contributed by atoms with Crippen molar-refractivity contribution in [3.8, 4) is 17.2 Å². The zero-order chi connectivity index (χ0) is 21.8. The Morgan fingerprint density at radius 2 is 1.52 bits per heavy atom. The number of esters is 1. The van der Waals surface area contributed by atoms with Gasteiger partial charge >= 0.3 is 5.97 Å². The number of ether oxygens (including phenoxy) is 3. The molecule has 6 heteroatoms. The second kappa shape index (κ2) is 8.92. The largest absolute Gasteiger partial charge is 0.496 e. The van der Waals surface area contributed by atoms with Gasteiger partial charge in [-0.25, -0.2) is 0 Å². The highest BCUT2D eigenvalue weighted by molar-refractivity contribution is 5.88. The number of carbonyl (C=O) groups excluding carboxylic acids is 2. The minimum Gasteiger partial charge on any atom is -0.496 e. The Morgan fingerprint density at radius 1 is 0.935 bits per heavy atom. The Hall–Kier alpha value is -3.80. The molecule has 0 fully saturated rings. The Morgan fingerprint density at radius 3 is 2.16 bits per heavy atom. The summed E-state index contributed by atoms with van der Waals surface area (Å²) < 4.78 is 16.7. The second-order valence-corrected chi connectivity index (χ2v) is 7.25. The smallest absolute Gasteiger partial charge is 0.318 e. The van der Waals surface area contributed by atoms with E-state index in [0.29, 0.717) is 28.4 Å². The highest BCUT2D eigenvalue weighted by Crippen LogP contribution is 2.44. The first-order valence-corrected chi connectivity index (χ1v) is 10.0. The van der Waals surface area contributed by atoms with Gasteiger partial charge in [0.15, 0.2) is 6.61 Å². The maximum atomic E-state index is 13.0. The molecule has 158 valence electrons. The molecule has 1 amide bonds. The topological polar surface area (TPSA) is 73.9 Å². The fourth-order valence-electron chi connectivity index (χ4n) is 3.77. The highest BCUT2D eigenvalue weighted by Gasteiger charge is 2.33. The van der Waals surface area contributed by atoms with Crippen LogP contribution in [0.1, 0.15) is 35.6 Å². The van der Waals surface area contributed by atoms with Crippen LogP contribution in [0, 0.1) is 0 Å². The summed E-state index contributed by atoms with van der Waals surface area (Å²) in [4.78, 5) is 25.5. The number of benzene rings is 3. The van der Waals surface area contributed by atoms with Gasteiger partial charge in [0.25, 0.3) is 5.91 Å².